The van der Waals surface area contributed by atoms with Crippen molar-refractivity contribution in [1.29, 1.82) is 0 Å². The summed E-state index contributed by atoms with van der Waals surface area (Å²) in [6.45, 7) is 14.8. The van der Waals surface area contributed by atoms with Gasteiger partial charge >= 0.3 is 216 Å². The quantitative estimate of drug-likeness (QED) is 0.169. The molecule has 3 saturated heterocycles. The molecule has 0 saturated carbocycles. The van der Waals surface area contributed by atoms with Gasteiger partial charge in [-0.1, -0.05) is 6.92 Å². The molecular formula is C42H62IN2O9S2-. The van der Waals surface area contributed by atoms with Gasteiger partial charge in [0.2, 0.25) is 0 Å². The molecule has 4 heterocycles. The van der Waals surface area contributed by atoms with Crippen molar-refractivity contribution < 1.29 is 64.4 Å². The molecule has 13 atom stereocenters. The van der Waals surface area contributed by atoms with Crippen LogP contribution in [0, 0.1) is 33.2 Å². The number of hydrogen-bond acceptors (Lipinski definition) is 12. The maximum atomic E-state index is 14.8. The third-order valence-corrected chi connectivity index (χ3v) is 18.7. The van der Waals surface area contributed by atoms with Crippen LogP contribution >= 0.6 is 23.5 Å². The van der Waals surface area contributed by atoms with E-state index in [0.717, 1.165) is 5.75 Å². The van der Waals surface area contributed by atoms with E-state index in [1.807, 2.05) is 53.6 Å². The van der Waals surface area contributed by atoms with Crippen LogP contribution in [0.3, 0.4) is 0 Å². The fourth-order valence-corrected chi connectivity index (χ4v) is 15.1. The van der Waals surface area contributed by atoms with Gasteiger partial charge in [0.15, 0.2) is 0 Å². The Balaban J connectivity index is 1.46. The molecule has 4 aliphatic heterocycles. The van der Waals surface area contributed by atoms with Crippen LogP contribution in [0.4, 0.5) is 4.79 Å². The third kappa shape index (κ3) is 9.21. The number of ketones is 2. The van der Waals surface area contributed by atoms with Gasteiger partial charge in [-0.15, -0.1) is 0 Å². The first-order valence-electron chi connectivity index (χ1n) is 19.9. The number of aliphatic hydroxyl groups is 1. The standard InChI is InChI=1S/C42H62IN2O9S2/c1-12-31-42(8)38(45(40(50)54-42)18-15-19-55-32-22-43-28-16-13-14-17-30(28)56-32)26(5)34(46)23(2)21-41(7,51-11)33(25(4)35(47)27(6)39(49)53-31)37-36(48)29(44(9)10)20-24(3)52-37/h13-14,16-17,22-27,29,31,33,36-38,48H,12,15,18-21H2,1-11H3/q-1/t23-,24-,25-,26+,27-,29+,31-,33+,36-,37?,38-,41+,42-/m1/s1. The molecular weight excluding hydrogens is 868 g/mol. The summed E-state index contributed by atoms with van der Waals surface area (Å²) in [5.41, 5.74) is -2.50. The van der Waals surface area contributed by atoms with Crippen LogP contribution in [0.25, 0.3) is 0 Å². The van der Waals surface area contributed by atoms with Crippen molar-refractivity contribution in [2.75, 3.05) is 33.5 Å². The molecule has 11 nitrogen and oxygen atoms in total. The third-order valence-electron chi connectivity index (χ3n) is 12.6. The Hall–Kier alpha value is -1.69. The number of likely N-dealkylation sites (N-methyl/N-ethyl adjacent to an activating group) is 1. The van der Waals surface area contributed by atoms with Crippen LogP contribution in [0.5, 0.6) is 0 Å². The number of methoxy groups -OCH3 is 1. The summed E-state index contributed by atoms with van der Waals surface area (Å²) in [4.78, 5) is 62.0. The number of carbonyl (C=O) groups excluding carboxylic acids is 4. The van der Waals surface area contributed by atoms with Crippen LogP contribution in [-0.4, -0.2) is 120 Å². The van der Waals surface area contributed by atoms with Gasteiger partial charge in [0.05, 0.1) is 23.9 Å². The number of rotatable bonds is 9. The molecule has 3 fully saturated rings. The molecule has 14 heteroatoms. The fraction of sp³-hybridized carbons (Fsp3) is 0.714. The van der Waals surface area contributed by atoms with E-state index < -0.39 is 77.2 Å². The predicted octanol–water partition coefficient (Wildman–Crippen LogP) is 3.45. The van der Waals surface area contributed by atoms with Crippen LogP contribution < -0.4 is 21.2 Å². The minimum atomic E-state index is -1.36. The number of Topliss-reactive ketones (excluding diaryl/α,β-unsaturated/α-hetero) is 2. The maximum absolute atomic E-state index is 14.8. The Kier molecular flexibility index (Phi) is 15.2. The van der Waals surface area contributed by atoms with Gasteiger partial charge in [0.25, 0.3) is 0 Å². The molecule has 1 unspecified atom stereocenters. The van der Waals surface area contributed by atoms with E-state index in [2.05, 4.69) is 28.3 Å². The van der Waals surface area contributed by atoms with E-state index in [9.17, 15) is 24.3 Å². The van der Waals surface area contributed by atoms with E-state index in [-0.39, 0.29) is 51.3 Å². The second-order valence-corrected chi connectivity index (χ2v) is 21.6. The van der Waals surface area contributed by atoms with Crippen LogP contribution in [0.2, 0.25) is 0 Å². The summed E-state index contributed by atoms with van der Waals surface area (Å²) in [6.07, 6.45) is -1.71. The summed E-state index contributed by atoms with van der Waals surface area (Å²) < 4.78 is 30.2. The average molecular weight is 930 g/mol. The van der Waals surface area contributed by atoms with Crippen LogP contribution in [0.15, 0.2) is 37.5 Å². The second kappa shape index (κ2) is 18.7. The van der Waals surface area contributed by atoms with Crippen molar-refractivity contribution in [3.63, 3.8) is 0 Å². The minimum absolute atomic E-state index is 0.0949. The van der Waals surface area contributed by atoms with E-state index in [4.69, 9.17) is 18.9 Å². The first-order chi connectivity index (χ1) is 26.4. The van der Waals surface area contributed by atoms with Crippen molar-refractivity contribution in [2.24, 2.45) is 29.6 Å². The van der Waals surface area contributed by atoms with E-state index in [1.165, 1.54) is 12.7 Å². The zero-order valence-corrected chi connectivity index (χ0v) is 38.6. The van der Waals surface area contributed by atoms with Crippen molar-refractivity contribution in [3.05, 3.63) is 36.2 Å². The first-order valence-corrected chi connectivity index (χ1v) is 24.1. The number of esters is 1. The van der Waals surface area contributed by atoms with Gasteiger partial charge in [-0.3, -0.25) is 9.59 Å². The Labute approximate surface area is 352 Å². The predicted molar refractivity (Wildman–Crippen MR) is 214 cm³/mol. The number of cyclic esters (lactones) is 1. The van der Waals surface area contributed by atoms with Crippen molar-refractivity contribution in [1.82, 2.24) is 9.80 Å². The zero-order valence-electron chi connectivity index (χ0n) is 34.8. The number of nitrogens with zero attached hydrogens (tertiary/aromatic N) is 2. The number of ether oxygens (including phenoxy) is 4. The van der Waals surface area contributed by atoms with Gasteiger partial charge in [-0.2, -0.15) is 0 Å². The monoisotopic (exact) mass is 929 g/mol. The molecule has 0 spiro atoms. The van der Waals surface area contributed by atoms with E-state index in [0.29, 0.717) is 25.8 Å². The number of amides is 1. The second-order valence-electron chi connectivity index (χ2n) is 16.7. The van der Waals surface area contributed by atoms with Crippen molar-refractivity contribution >= 4 is 47.2 Å². The molecule has 0 aromatic heterocycles. The van der Waals surface area contributed by atoms with Crippen molar-refractivity contribution in [3.8, 4) is 0 Å². The van der Waals surface area contributed by atoms with Gasteiger partial charge in [0, 0.05) is 25.0 Å². The van der Waals surface area contributed by atoms with Gasteiger partial charge < -0.3 is 19.5 Å². The van der Waals surface area contributed by atoms with Crippen LogP contribution in [0.1, 0.15) is 81.1 Å². The number of thioether (sulfide) groups is 2. The molecule has 5 rings (SSSR count). The molecule has 0 radical (unpaired) electrons. The molecule has 4 aliphatic rings. The number of aliphatic hydroxyl groups excluding tert-OH is 1. The van der Waals surface area contributed by atoms with Gasteiger partial charge in [-0.05, 0) is 41.3 Å². The molecule has 0 aliphatic carbocycles. The topological polar surface area (TPSA) is 132 Å². The molecule has 1 amide bonds. The summed E-state index contributed by atoms with van der Waals surface area (Å²) in [5, 5.41) is 11.9. The summed E-state index contributed by atoms with van der Waals surface area (Å²) in [6, 6.07) is 7.53. The normalized spacial score (nSPS) is 38.8. The summed E-state index contributed by atoms with van der Waals surface area (Å²) in [5.74, 6) is -4.42. The van der Waals surface area contributed by atoms with Gasteiger partial charge in [0.1, 0.15) is 11.7 Å². The number of benzene rings is 1. The fourth-order valence-electron chi connectivity index (χ4n) is 9.58. The summed E-state index contributed by atoms with van der Waals surface area (Å²) in [7, 11) is 5.38. The number of halogens is 1. The first kappa shape index (κ1) is 45.4. The molecule has 56 heavy (non-hydrogen) atoms. The Bertz CT molecular complexity index is 1650. The Morgan fingerprint density at radius 1 is 1.05 bits per heavy atom. The van der Waals surface area contributed by atoms with Crippen molar-refractivity contribution in [2.45, 2.75) is 134 Å². The van der Waals surface area contributed by atoms with Crippen LogP contribution in [-0.2, 0) is 33.3 Å². The molecule has 1 aromatic rings. The Morgan fingerprint density at radius 2 is 1.75 bits per heavy atom. The molecule has 0 bridgehead atoms. The van der Waals surface area contributed by atoms with E-state index in [1.54, 1.807) is 56.3 Å². The SMILES string of the molecule is CC[C@H]1OC(=O)[C@H](C)C(=O)[C@H](C)[C@@H](C2O[C@H](C)C[C@H](N(C)C)[C@H]2O)[C@@](C)(OC)C[C@@H](C)C(=O)[C@H](C)[C@H]2N(CCCSC3=C[I-]c4ccccc4S3)C(=O)O[C@]12C. The van der Waals surface area contributed by atoms with Gasteiger partial charge in [-0.25, -0.2) is 0 Å². The Morgan fingerprint density at radius 3 is 2.41 bits per heavy atom. The molecule has 1 N–H and O–H groups in total. The number of fused-ring (bicyclic) bond motifs is 2. The van der Waals surface area contributed by atoms with E-state index >= 15 is 0 Å². The zero-order chi connectivity index (χ0) is 41.3. The molecule has 314 valence electrons. The summed E-state index contributed by atoms with van der Waals surface area (Å²) >= 11 is 3.37. The number of hydrogen-bond donors (Lipinski definition) is 1. The number of carbonyl (C=O) groups is 4. The molecule has 1 aromatic carbocycles. The average Bonchev–Trinajstić information content (AvgIpc) is 3.43.